The Morgan fingerprint density at radius 2 is 2.19 bits per heavy atom. The second-order valence-corrected chi connectivity index (χ2v) is 4.09. The van der Waals surface area contributed by atoms with E-state index in [0.717, 1.165) is 5.56 Å². The molecule has 0 fully saturated rings. The van der Waals surface area contributed by atoms with Crippen molar-refractivity contribution < 1.29 is 4.79 Å². The summed E-state index contributed by atoms with van der Waals surface area (Å²) in [5, 5.41) is 9.37. The number of benzene rings is 1. The van der Waals surface area contributed by atoms with Gasteiger partial charge in [-0.25, -0.2) is 0 Å². The number of carbonyl (C=O) groups is 1. The van der Waals surface area contributed by atoms with Crippen molar-refractivity contribution in [3.05, 3.63) is 34.3 Å². The first kappa shape index (κ1) is 12.5. The molecule has 1 unspecified atom stereocenters. The van der Waals surface area contributed by atoms with Gasteiger partial charge in [0.1, 0.15) is 6.04 Å². The fourth-order valence-electron chi connectivity index (χ4n) is 1.24. The Morgan fingerprint density at radius 3 is 2.69 bits per heavy atom. The molecule has 1 atom stereocenters. The molecule has 0 radical (unpaired) electrons. The standard InChI is InChI=1S/C12H13ClN2O/c1-8-6-10(4-5-11(8)13)12(16)15(3)9(2)7-14/h4-6,9H,1-3H3. The Hall–Kier alpha value is -1.53. The van der Waals surface area contributed by atoms with Gasteiger partial charge in [0.2, 0.25) is 0 Å². The maximum absolute atomic E-state index is 11.9. The number of nitriles is 1. The predicted octanol–water partition coefficient (Wildman–Crippen LogP) is 2.63. The Labute approximate surface area is 100 Å². The van der Waals surface area contributed by atoms with Crippen molar-refractivity contribution in [1.82, 2.24) is 4.90 Å². The summed E-state index contributed by atoms with van der Waals surface area (Å²) in [5.74, 6) is -0.172. The van der Waals surface area contributed by atoms with Crippen molar-refractivity contribution in [3.8, 4) is 6.07 Å². The van der Waals surface area contributed by atoms with Gasteiger partial charge in [-0.05, 0) is 37.6 Å². The van der Waals surface area contributed by atoms with Crippen LogP contribution in [0.1, 0.15) is 22.8 Å². The van der Waals surface area contributed by atoms with Crippen molar-refractivity contribution in [2.45, 2.75) is 19.9 Å². The van der Waals surface area contributed by atoms with Crippen LogP contribution in [0.3, 0.4) is 0 Å². The van der Waals surface area contributed by atoms with E-state index in [4.69, 9.17) is 16.9 Å². The van der Waals surface area contributed by atoms with Gasteiger partial charge in [-0.15, -0.1) is 0 Å². The Morgan fingerprint density at radius 1 is 1.56 bits per heavy atom. The van der Waals surface area contributed by atoms with E-state index in [-0.39, 0.29) is 5.91 Å². The average Bonchev–Trinajstić information content (AvgIpc) is 2.29. The van der Waals surface area contributed by atoms with Crippen molar-refractivity contribution in [2.75, 3.05) is 7.05 Å². The average molecular weight is 237 g/mol. The molecule has 0 saturated carbocycles. The molecule has 0 aliphatic rings. The van der Waals surface area contributed by atoms with E-state index in [9.17, 15) is 4.79 Å². The van der Waals surface area contributed by atoms with Crippen LogP contribution in [0.5, 0.6) is 0 Å². The van der Waals surface area contributed by atoms with Gasteiger partial charge in [0.15, 0.2) is 0 Å². The van der Waals surface area contributed by atoms with Crippen molar-refractivity contribution >= 4 is 17.5 Å². The molecule has 0 N–H and O–H groups in total. The summed E-state index contributed by atoms with van der Waals surface area (Å²) in [6.07, 6.45) is 0. The van der Waals surface area contributed by atoms with Crippen LogP contribution in [0, 0.1) is 18.3 Å². The number of hydrogen-bond donors (Lipinski definition) is 0. The van der Waals surface area contributed by atoms with Gasteiger partial charge in [0.05, 0.1) is 6.07 Å². The highest BCUT2D eigenvalue weighted by atomic mass is 35.5. The molecule has 0 spiro atoms. The SMILES string of the molecule is Cc1cc(C(=O)N(C)C(C)C#N)ccc1Cl. The van der Waals surface area contributed by atoms with Gasteiger partial charge in [-0.1, -0.05) is 11.6 Å². The number of amides is 1. The predicted molar refractivity (Wildman–Crippen MR) is 63.4 cm³/mol. The summed E-state index contributed by atoms with van der Waals surface area (Å²) >= 11 is 5.88. The summed E-state index contributed by atoms with van der Waals surface area (Å²) in [7, 11) is 1.61. The first-order chi connectivity index (χ1) is 7.47. The zero-order valence-electron chi connectivity index (χ0n) is 9.49. The molecule has 1 amide bonds. The third kappa shape index (κ3) is 2.53. The monoisotopic (exact) mass is 236 g/mol. The van der Waals surface area contributed by atoms with Crippen LogP contribution in [-0.2, 0) is 0 Å². The molecule has 84 valence electrons. The number of halogens is 1. The highest BCUT2D eigenvalue weighted by molar-refractivity contribution is 6.31. The summed E-state index contributed by atoms with van der Waals surface area (Å²) in [4.78, 5) is 13.3. The maximum Gasteiger partial charge on any atom is 0.254 e. The molecule has 4 heteroatoms. The van der Waals surface area contributed by atoms with Crippen LogP contribution in [0.2, 0.25) is 5.02 Å². The number of carbonyl (C=O) groups excluding carboxylic acids is 1. The lowest BCUT2D eigenvalue weighted by molar-refractivity contribution is 0.0773. The third-order valence-electron chi connectivity index (χ3n) is 2.49. The fraction of sp³-hybridized carbons (Fsp3) is 0.333. The minimum Gasteiger partial charge on any atom is -0.326 e. The third-order valence-corrected chi connectivity index (χ3v) is 2.92. The van der Waals surface area contributed by atoms with E-state index >= 15 is 0 Å². The fourth-order valence-corrected chi connectivity index (χ4v) is 1.36. The number of nitrogens with zero attached hydrogens (tertiary/aromatic N) is 2. The van der Waals surface area contributed by atoms with Gasteiger partial charge in [-0.2, -0.15) is 5.26 Å². The highest BCUT2D eigenvalue weighted by Gasteiger charge is 2.17. The zero-order valence-corrected chi connectivity index (χ0v) is 10.2. The summed E-state index contributed by atoms with van der Waals surface area (Å²) < 4.78 is 0. The Bertz CT molecular complexity index is 451. The smallest absolute Gasteiger partial charge is 0.254 e. The van der Waals surface area contributed by atoms with Gasteiger partial charge in [-0.3, -0.25) is 4.79 Å². The quantitative estimate of drug-likeness (QED) is 0.792. The maximum atomic E-state index is 11.9. The van der Waals surface area contributed by atoms with Crippen LogP contribution < -0.4 is 0 Å². The van der Waals surface area contributed by atoms with E-state index in [1.54, 1.807) is 32.2 Å². The number of aryl methyl sites for hydroxylation is 1. The van der Waals surface area contributed by atoms with Crippen LogP contribution in [0.4, 0.5) is 0 Å². The second-order valence-electron chi connectivity index (χ2n) is 3.69. The number of hydrogen-bond acceptors (Lipinski definition) is 2. The summed E-state index contributed by atoms with van der Waals surface area (Å²) in [5.41, 5.74) is 1.40. The van der Waals surface area contributed by atoms with Crippen LogP contribution in [0.15, 0.2) is 18.2 Å². The molecule has 0 aliphatic heterocycles. The summed E-state index contributed by atoms with van der Waals surface area (Å²) in [6.45, 7) is 3.52. The Kier molecular flexibility index (Phi) is 3.92. The molecule has 0 aliphatic carbocycles. The van der Waals surface area contributed by atoms with Gasteiger partial charge in [0, 0.05) is 17.6 Å². The largest absolute Gasteiger partial charge is 0.326 e. The molecule has 0 bridgehead atoms. The molecule has 3 nitrogen and oxygen atoms in total. The van der Waals surface area contributed by atoms with E-state index in [2.05, 4.69) is 0 Å². The molecular formula is C12H13ClN2O. The van der Waals surface area contributed by atoms with Gasteiger partial charge >= 0.3 is 0 Å². The van der Waals surface area contributed by atoms with Gasteiger partial charge < -0.3 is 4.90 Å². The Balaban J connectivity index is 2.98. The van der Waals surface area contributed by atoms with Crippen LogP contribution in [-0.4, -0.2) is 23.9 Å². The molecular weight excluding hydrogens is 224 g/mol. The molecule has 0 saturated heterocycles. The molecule has 1 aromatic rings. The molecule has 1 aromatic carbocycles. The normalized spacial score (nSPS) is 11.7. The zero-order chi connectivity index (χ0) is 12.3. The second kappa shape index (κ2) is 5.00. The minimum absolute atomic E-state index is 0.172. The first-order valence-electron chi connectivity index (χ1n) is 4.90. The number of rotatable bonds is 2. The molecule has 0 heterocycles. The minimum atomic E-state index is -0.441. The van der Waals surface area contributed by atoms with Gasteiger partial charge in [0.25, 0.3) is 5.91 Å². The van der Waals surface area contributed by atoms with E-state index in [1.165, 1.54) is 4.90 Å². The molecule has 16 heavy (non-hydrogen) atoms. The molecule has 1 rings (SSSR count). The first-order valence-corrected chi connectivity index (χ1v) is 5.28. The topological polar surface area (TPSA) is 44.1 Å². The van der Waals surface area contributed by atoms with Crippen molar-refractivity contribution in [1.29, 1.82) is 5.26 Å². The van der Waals surface area contributed by atoms with E-state index in [0.29, 0.717) is 10.6 Å². The van der Waals surface area contributed by atoms with Crippen LogP contribution in [0.25, 0.3) is 0 Å². The van der Waals surface area contributed by atoms with E-state index in [1.807, 2.05) is 13.0 Å². The molecule has 0 aromatic heterocycles. The van der Waals surface area contributed by atoms with E-state index < -0.39 is 6.04 Å². The lowest BCUT2D eigenvalue weighted by atomic mass is 10.1. The van der Waals surface area contributed by atoms with Crippen molar-refractivity contribution in [2.24, 2.45) is 0 Å². The van der Waals surface area contributed by atoms with Crippen molar-refractivity contribution in [3.63, 3.8) is 0 Å². The lowest BCUT2D eigenvalue weighted by Crippen LogP contribution is -2.34. The lowest BCUT2D eigenvalue weighted by Gasteiger charge is -2.19. The van der Waals surface area contributed by atoms with Crippen LogP contribution >= 0.6 is 11.6 Å². The highest BCUT2D eigenvalue weighted by Crippen LogP contribution is 2.17. The summed E-state index contributed by atoms with van der Waals surface area (Å²) in [6, 6.07) is 6.66.